The van der Waals surface area contributed by atoms with Crippen molar-refractivity contribution in [2.45, 2.75) is 60.3 Å². The molecule has 0 N–H and O–H groups in total. The number of pyridine rings is 1. The van der Waals surface area contributed by atoms with Gasteiger partial charge in [0.1, 0.15) is 11.5 Å². The molecule has 7 heteroatoms. The van der Waals surface area contributed by atoms with Crippen molar-refractivity contribution in [3.05, 3.63) is 44.7 Å². The van der Waals surface area contributed by atoms with Gasteiger partial charge in [-0.2, -0.15) is 4.98 Å². The number of nitro groups is 1. The molecule has 0 saturated heterocycles. The second-order valence-electron chi connectivity index (χ2n) is 6.18. The lowest BCUT2D eigenvalue weighted by Gasteiger charge is -2.16. The molecule has 25 heavy (non-hydrogen) atoms. The van der Waals surface area contributed by atoms with Gasteiger partial charge in [-0.15, -0.1) is 0 Å². The summed E-state index contributed by atoms with van der Waals surface area (Å²) in [5.74, 6) is 0.930. The predicted octanol–water partition coefficient (Wildman–Crippen LogP) is 4.71. The van der Waals surface area contributed by atoms with Crippen LogP contribution in [0, 0.1) is 37.8 Å². The standard InChI is InChI=1S/C18H24N4O3/c1-7-14(8-2)15-16(22(23)24)18(21-13(6)20-15)25-17-10(3)9-11(4)19-12(17)5/h9,14H,7-8H2,1-6H3. The Kier molecular flexibility index (Phi) is 5.66. The Balaban J connectivity index is 2.64. The van der Waals surface area contributed by atoms with E-state index in [1.807, 2.05) is 40.7 Å². The number of ether oxygens (including phenoxy) is 1. The fourth-order valence-corrected chi connectivity index (χ4v) is 3.03. The molecule has 7 nitrogen and oxygen atoms in total. The monoisotopic (exact) mass is 344 g/mol. The molecule has 0 aliphatic rings. The summed E-state index contributed by atoms with van der Waals surface area (Å²) in [5, 5.41) is 11.7. The van der Waals surface area contributed by atoms with E-state index in [4.69, 9.17) is 4.74 Å². The molecule has 2 heterocycles. The van der Waals surface area contributed by atoms with Gasteiger partial charge < -0.3 is 4.74 Å². The molecular weight excluding hydrogens is 320 g/mol. The summed E-state index contributed by atoms with van der Waals surface area (Å²) >= 11 is 0. The van der Waals surface area contributed by atoms with E-state index in [2.05, 4.69) is 15.0 Å². The van der Waals surface area contributed by atoms with E-state index in [0.717, 1.165) is 24.1 Å². The predicted molar refractivity (Wildman–Crippen MR) is 95.3 cm³/mol. The Labute approximate surface area is 147 Å². The summed E-state index contributed by atoms with van der Waals surface area (Å²) < 4.78 is 5.89. The number of nitrogens with zero attached hydrogens (tertiary/aromatic N) is 4. The van der Waals surface area contributed by atoms with Gasteiger partial charge in [0.05, 0.1) is 10.6 Å². The average Bonchev–Trinajstić information content (AvgIpc) is 2.51. The maximum atomic E-state index is 11.7. The van der Waals surface area contributed by atoms with Crippen LogP contribution in [0.25, 0.3) is 0 Å². The maximum absolute atomic E-state index is 11.7. The Morgan fingerprint density at radius 2 is 1.76 bits per heavy atom. The first-order chi connectivity index (χ1) is 11.8. The molecular formula is C18H24N4O3. The lowest BCUT2D eigenvalue weighted by Crippen LogP contribution is -2.10. The first-order valence-corrected chi connectivity index (χ1v) is 8.44. The third-order valence-electron chi connectivity index (χ3n) is 4.20. The topological polar surface area (TPSA) is 91.0 Å². The highest BCUT2D eigenvalue weighted by molar-refractivity contribution is 5.50. The summed E-state index contributed by atoms with van der Waals surface area (Å²) in [7, 11) is 0. The van der Waals surface area contributed by atoms with Crippen LogP contribution in [0.4, 0.5) is 5.69 Å². The van der Waals surface area contributed by atoms with Crippen molar-refractivity contribution in [3.8, 4) is 11.6 Å². The number of aryl methyl sites for hydroxylation is 4. The normalized spacial score (nSPS) is 11.0. The molecule has 0 amide bonds. The molecule has 0 unspecified atom stereocenters. The lowest BCUT2D eigenvalue weighted by atomic mass is 9.98. The van der Waals surface area contributed by atoms with Crippen LogP contribution in [0.5, 0.6) is 11.6 Å². The minimum atomic E-state index is -0.450. The number of hydrogen-bond acceptors (Lipinski definition) is 6. The molecule has 0 spiro atoms. The Hall–Kier alpha value is -2.57. The first kappa shape index (κ1) is 18.8. The third kappa shape index (κ3) is 3.92. The third-order valence-corrected chi connectivity index (χ3v) is 4.20. The minimum absolute atomic E-state index is 0.0113. The Bertz CT molecular complexity index is 778. The molecule has 0 saturated carbocycles. The molecule has 0 atom stereocenters. The molecule has 0 fully saturated rings. The largest absolute Gasteiger partial charge is 0.431 e. The zero-order chi connectivity index (χ0) is 18.7. The highest BCUT2D eigenvalue weighted by Gasteiger charge is 2.30. The molecule has 2 aromatic heterocycles. The van der Waals surface area contributed by atoms with Gasteiger partial charge in [0, 0.05) is 11.6 Å². The maximum Gasteiger partial charge on any atom is 0.352 e. The van der Waals surface area contributed by atoms with Gasteiger partial charge in [0.15, 0.2) is 5.75 Å². The van der Waals surface area contributed by atoms with Crippen LogP contribution in [0.1, 0.15) is 61.1 Å². The van der Waals surface area contributed by atoms with Crippen LogP contribution in [-0.4, -0.2) is 19.9 Å². The number of hydrogen-bond donors (Lipinski definition) is 0. The smallest absolute Gasteiger partial charge is 0.352 e. The zero-order valence-electron chi connectivity index (χ0n) is 15.6. The van der Waals surface area contributed by atoms with Gasteiger partial charge in [-0.05, 0) is 52.2 Å². The summed E-state index contributed by atoms with van der Waals surface area (Å²) in [6, 6.07) is 1.88. The van der Waals surface area contributed by atoms with Crippen molar-refractivity contribution in [1.29, 1.82) is 0 Å². The van der Waals surface area contributed by atoms with Gasteiger partial charge >= 0.3 is 11.6 Å². The zero-order valence-corrected chi connectivity index (χ0v) is 15.6. The molecule has 0 bridgehead atoms. The van der Waals surface area contributed by atoms with Crippen LogP contribution < -0.4 is 4.74 Å². The van der Waals surface area contributed by atoms with Crippen LogP contribution in [-0.2, 0) is 0 Å². The number of rotatable bonds is 6. The van der Waals surface area contributed by atoms with Crippen molar-refractivity contribution in [2.24, 2.45) is 0 Å². The quantitative estimate of drug-likeness (QED) is 0.557. The highest BCUT2D eigenvalue weighted by Crippen LogP contribution is 2.38. The van der Waals surface area contributed by atoms with E-state index in [-0.39, 0.29) is 17.5 Å². The average molecular weight is 344 g/mol. The van der Waals surface area contributed by atoms with Gasteiger partial charge in [0.25, 0.3) is 0 Å². The Morgan fingerprint density at radius 1 is 1.12 bits per heavy atom. The van der Waals surface area contributed by atoms with E-state index >= 15 is 0 Å². The van der Waals surface area contributed by atoms with Crippen molar-refractivity contribution in [1.82, 2.24) is 15.0 Å². The fourth-order valence-electron chi connectivity index (χ4n) is 3.03. The lowest BCUT2D eigenvalue weighted by molar-refractivity contribution is -0.387. The van der Waals surface area contributed by atoms with Gasteiger partial charge in [-0.25, -0.2) is 4.98 Å². The molecule has 0 aliphatic heterocycles. The van der Waals surface area contributed by atoms with Gasteiger partial charge in [0.2, 0.25) is 0 Å². The second-order valence-corrected chi connectivity index (χ2v) is 6.18. The van der Waals surface area contributed by atoms with E-state index in [1.165, 1.54) is 0 Å². The van der Waals surface area contributed by atoms with E-state index in [0.29, 0.717) is 23.0 Å². The van der Waals surface area contributed by atoms with Gasteiger partial charge in [-0.3, -0.25) is 15.1 Å². The van der Waals surface area contributed by atoms with Gasteiger partial charge in [-0.1, -0.05) is 13.8 Å². The summed E-state index contributed by atoms with van der Waals surface area (Å²) in [4.78, 5) is 24.2. The summed E-state index contributed by atoms with van der Waals surface area (Å²) in [6.07, 6.45) is 1.52. The summed E-state index contributed by atoms with van der Waals surface area (Å²) in [6.45, 7) is 11.3. The van der Waals surface area contributed by atoms with Crippen molar-refractivity contribution in [3.63, 3.8) is 0 Å². The van der Waals surface area contributed by atoms with Crippen LogP contribution in [0.3, 0.4) is 0 Å². The molecule has 134 valence electrons. The van der Waals surface area contributed by atoms with Crippen LogP contribution in [0.2, 0.25) is 0 Å². The molecule has 2 aromatic rings. The van der Waals surface area contributed by atoms with E-state index < -0.39 is 4.92 Å². The highest BCUT2D eigenvalue weighted by atomic mass is 16.6. The van der Waals surface area contributed by atoms with Crippen LogP contribution in [0.15, 0.2) is 6.07 Å². The molecule has 0 aliphatic carbocycles. The number of aromatic nitrogens is 3. The van der Waals surface area contributed by atoms with E-state index in [9.17, 15) is 10.1 Å². The molecule has 2 rings (SSSR count). The van der Waals surface area contributed by atoms with Crippen molar-refractivity contribution >= 4 is 5.69 Å². The fraction of sp³-hybridized carbons (Fsp3) is 0.500. The van der Waals surface area contributed by atoms with Crippen molar-refractivity contribution < 1.29 is 9.66 Å². The van der Waals surface area contributed by atoms with Crippen LogP contribution >= 0.6 is 0 Å². The second kappa shape index (κ2) is 7.55. The molecule has 0 radical (unpaired) electrons. The minimum Gasteiger partial charge on any atom is -0.431 e. The molecule has 0 aromatic carbocycles. The SMILES string of the molecule is CCC(CC)c1nc(C)nc(Oc2c(C)cc(C)nc2C)c1[N+](=O)[O-]. The van der Waals surface area contributed by atoms with E-state index in [1.54, 1.807) is 6.92 Å². The summed E-state index contributed by atoms with van der Waals surface area (Å²) in [5.41, 5.74) is 2.69. The first-order valence-electron chi connectivity index (χ1n) is 8.44. The van der Waals surface area contributed by atoms with Crippen molar-refractivity contribution in [2.75, 3.05) is 0 Å². The Morgan fingerprint density at radius 3 is 2.28 bits per heavy atom.